The van der Waals surface area contributed by atoms with Crippen LogP contribution >= 0.6 is 0 Å². The molecule has 15 atom stereocenters. The molecule has 3 aliphatic heterocycles. The van der Waals surface area contributed by atoms with Crippen LogP contribution in [0.2, 0.25) is 0 Å². The van der Waals surface area contributed by atoms with Crippen molar-refractivity contribution in [1.29, 1.82) is 0 Å². The van der Waals surface area contributed by atoms with Crippen LogP contribution in [-0.4, -0.2) is 156 Å². The van der Waals surface area contributed by atoms with E-state index in [0.29, 0.717) is 0 Å². The molecule has 15 heteroatoms. The van der Waals surface area contributed by atoms with E-state index in [1.165, 1.54) is 6.92 Å². The molecule has 33 heavy (non-hydrogen) atoms. The molecule has 3 heterocycles. The van der Waals surface area contributed by atoms with Gasteiger partial charge in [0.25, 0.3) is 0 Å². The molecule has 1 unspecified atom stereocenters. The Hall–Kier alpha value is -0.600. The predicted molar refractivity (Wildman–Crippen MR) is 99.8 cm³/mol. The molecule has 0 radical (unpaired) electrons. The largest absolute Gasteiger partial charge is 0.394 e. The van der Waals surface area contributed by atoms with Crippen LogP contribution in [0.1, 0.15) is 6.92 Å². The van der Waals surface area contributed by atoms with Gasteiger partial charge in [-0.3, -0.25) is 0 Å². The molecule has 0 aliphatic carbocycles. The summed E-state index contributed by atoms with van der Waals surface area (Å²) in [5.41, 5.74) is 0. The summed E-state index contributed by atoms with van der Waals surface area (Å²) in [6.07, 6.45) is -24.0. The maximum absolute atomic E-state index is 10.5. The SMILES string of the molecule is C[C@@H]1O[C@@H](O[C@H]2[C@H](O[C@H]3O[C@H](CO)[C@H](O)[C@H](O)[C@H]3O)[C@@H](CO)OC(O)[C@@H]2O)[C@@H](O)[C@H](O)[C@@H]1O. The van der Waals surface area contributed by atoms with Gasteiger partial charge in [-0.05, 0) is 6.92 Å². The maximum atomic E-state index is 10.5. The summed E-state index contributed by atoms with van der Waals surface area (Å²) >= 11 is 0. The van der Waals surface area contributed by atoms with Crippen LogP contribution in [0.15, 0.2) is 0 Å². The Bertz CT molecular complexity index is 624. The summed E-state index contributed by atoms with van der Waals surface area (Å²) in [6, 6.07) is 0. The summed E-state index contributed by atoms with van der Waals surface area (Å²) in [6.45, 7) is -0.127. The van der Waals surface area contributed by atoms with Crippen LogP contribution in [-0.2, 0) is 23.7 Å². The van der Waals surface area contributed by atoms with E-state index < -0.39 is 105 Å². The summed E-state index contributed by atoms with van der Waals surface area (Å²) in [5, 5.41) is 99.8. The van der Waals surface area contributed by atoms with E-state index in [-0.39, 0.29) is 0 Å². The van der Waals surface area contributed by atoms with Crippen LogP contribution in [0.5, 0.6) is 0 Å². The molecule has 0 bridgehead atoms. The first-order valence-corrected chi connectivity index (χ1v) is 10.4. The third-order valence-electron chi connectivity index (χ3n) is 6.05. The third kappa shape index (κ3) is 5.32. The fourth-order valence-corrected chi connectivity index (χ4v) is 3.99. The van der Waals surface area contributed by atoms with Gasteiger partial charge in [-0.2, -0.15) is 0 Å². The van der Waals surface area contributed by atoms with Crippen molar-refractivity contribution in [3.63, 3.8) is 0 Å². The van der Waals surface area contributed by atoms with Crippen molar-refractivity contribution in [2.24, 2.45) is 0 Å². The Morgan fingerprint density at radius 1 is 0.545 bits per heavy atom. The minimum absolute atomic E-state index is 0.739. The van der Waals surface area contributed by atoms with E-state index in [1.54, 1.807) is 0 Å². The number of hydrogen-bond donors (Lipinski definition) is 10. The van der Waals surface area contributed by atoms with Gasteiger partial charge in [-0.25, -0.2) is 0 Å². The van der Waals surface area contributed by atoms with E-state index >= 15 is 0 Å². The van der Waals surface area contributed by atoms with E-state index in [4.69, 9.17) is 23.7 Å². The van der Waals surface area contributed by atoms with Crippen LogP contribution in [0, 0.1) is 0 Å². The molecule has 0 aromatic carbocycles. The molecule has 0 spiro atoms. The van der Waals surface area contributed by atoms with Gasteiger partial charge in [-0.1, -0.05) is 0 Å². The van der Waals surface area contributed by atoms with E-state index in [9.17, 15) is 51.1 Å². The predicted octanol–water partition coefficient (Wildman–Crippen LogP) is -6.55. The fraction of sp³-hybridized carbons (Fsp3) is 1.00. The monoisotopic (exact) mass is 488 g/mol. The summed E-state index contributed by atoms with van der Waals surface area (Å²) < 4.78 is 26.9. The standard InChI is InChI=1S/C18H32O15/c1-4-7(21)9(23)11(25)17(29-4)33-15-13(27)16(28)30-6(3-20)14(15)32-18-12(26)10(24)8(22)5(2-19)31-18/h4-28H,2-3H2,1H3/t4-,5+,6+,7+,8-,9+,10-,11-,12+,13+,14+,15+,16?,17-,18+/m0/s1. The molecular weight excluding hydrogens is 456 g/mol. The zero-order valence-electron chi connectivity index (χ0n) is 17.6. The van der Waals surface area contributed by atoms with Gasteiger partial charge in [0.05, 0.1) is 19.3 Å². The molecule has 15 nitrogen and oxygen atoms in total. The van der Waals surface area contributed by atoms with Crippen molar-refractivity contribution in [3.05, 3.63) is 0 Å². The molecule has 0 aromatic rings. The highest BCUT2D eigenvalue weighted by Crippen LogP contribution is 2.32. The summed E-state index contributed by atoms with van der Waals surface area (Å²) in [5.74, 6) is 0. The fourth-order valence-electron chi connectivity index (χ4n) is 3.99. The lowest BCUT2D eigenvalue weighted by atomic mass is 9.96. The van der Waals surface area contributed by atoms with Gasteiger partial charge in [-0.15, -0.1) is 0 Å². The average Bonchev–Trinajstić information content (AvgIpc) is 2.80. The van der Waals surface area contributed by atoms with Crippen molar-refractivity contribution < 1.29 is 74.7 Å². The van der Waals surface area contributed by atoms with Crippen molar-refractivity contribution >= 4 is 0 Å². The van der Waals surface area contributed by atoms with Crippen LogP contribution < -0.4 is 0 Å². The molecule has 0 saturated carbocycles. The second-order valence-electron chi connectivity index (χ2n) is 8.32. The molecule has 3 saturated heterocycles. The van der Waals surface area contributed by atoms with E-state index in [1.807, 2.05) is 0 Å². The average molecular weight is 488 g/mol. The second kappa shape index (κ2) is 11.0. The van der Waals surface area contributed by atoms with Crippen molar-refractivity contribution in [2.75, 3.05) is 13.2 Å². The Morgan fingerprint density at radius 3 is 1.64 bits per heavy atom. The highest BCUT2D eigenvalue weighted by molar-refractivity contribution is 4.96. The van der Waals surface area contributed by atoms with Crippen LogP contribution in [0.3, 0.4) is 0 Å². The van der Waals surface area contributed by atoms with Gasteiger partial charge in [0.1, 0.15) is 67.1 Å². The number of aliphatic hydroxyl groups is 10. The number of ether oxygens (including phenoxy) is 5. The van der Waals surface area contributed by atoms with Gasteiger partial charge in [0.2, 0.25) is 0 Å². The first-order valence-electron chi connectivity index (χ1n) is 10.4. The molecule has 3 fully saturated rings. The Morgan fingerprint density at radius 2 is 1.06 bits per heavy atom. The highest BCUT2D eigenvalue weighted by atomic mass is 16.8. The highest BCUT2D eigenvalue weighted by Gasteiger charge is 2.53. The third-order valence-corrected chi connectivity index (χ3v) is 6.05. The quantitative estimate of drug-likeness (QED) is 0.167. The van der Waals surface area contributed by atoms with Gasteiger partial charge in [0.15, 0.2) is 18.9 Å². The molecule has 10 N–H and O–H groups in total. The molecule has 3 rings (SSSR count). The number of rotatable bonds is 6. The van der Waals surface area contributed by atoms with Gasteiger partial charge < -0.3 is 74.7 Å². The lowest BCUT2D eigenvalue weighted by Crippen LogP contribution is -2.66. The zero-order chi connectivity index (χ0) is 24.6. The lowest BCUT2D eigenvalue weighted by Gasteiger charge is -2.48. The normalized spacial score (nSPS) is 53.7. The Kier molecular flexibility index (Phi) is 8.99. The van der Waals surface area contributed by atoms with Gasteiger partial charge >= 0.3 is 0 Å². The Balaban J connectivity index is 1.83. The zero-order valence-corrected chi connectivity index (χ0v) is 17.6. The lowest BCUT2D eigenvalue weighted by molar-refractivity contribution is -0.382. The molecule has 194 valence electrons. The second-order valence-corrected chi connectivity index (χ2v) is 8.32. The first-order chi connectivity index (χ1) is 15.5. The van der Waals surface area contributed by atoms with Crippen molar-refractivity contribution in [3.8, 4) is 0 Å². The molecule has 3 aliphatic rings. The minimum Gasteiger partial charge on any atom is -0.394 e. The topological polar surface area (TPSA) is 248 Å². The van der Waals surface area contributed by atoms with E-state index in [0.717, 1.165) is 0 Å². The minimum atomic E-state index is -1.88. The number of hydrogen-bond acceptors (Lipinski definition) is 15. The van der Waals surface area contributed by atoms with Crippen molar-refractivity contribution in [2.45, 2.75) is 99.0 Å². The Labute approximate surface area is 187 Å². The summed E-state index contributed by atoms with van der Waals surface area (Å²) in [4.78, 5) is 0. The molecule has 0 amide bonds. The van der Waals surface area contributed by atoms with E-state index in [2.05, 4.69) is 0 Å². The smallest absolute Gasteiger partial charge is 0.187 e. The molecular formula is C18H32O15. The van der Waals surface area contributed by atoms with Crippen LogP contribution in [0.25, 0.3) is 0 Å². The maximum Gasteiger partial charge on any atom is 0.187 e. The molecule has 0 aromatic heterocycles. The first kappa shape index (κ1) is 27.0. The number of aliphatic hydroxyl groups excluding tert-OH is 10. The van der Waals surface area contributed by atoms with Crippen molar-refractivity contribution in [1.82, 2.24) is 0 Å². The van der Waals surface area contributed by atoms with Crippen LogP contribution in [0.4, 0.5) is 0 Å². The summed E-state index contributed by atoms with van der Waals surface area (Å²) in [7, 11) is 0. The van der Waals surface area contributed by atoms with Gasteiger partial charge in [0, 0.05) is 0 Å².